The smallest absolute Gasteiger partial charge is 0.337 e. The Morgan fingerprint density at radius 3 is 2.12 bits per heavy atom. The van der Waals surface area contributed by atoms with Gasteiger partial charge in [0.05, 0.1) is 16.7 Å². The molecule has 0 aliphatic rings. The first kappa shape index (κ1) is 22.7. The van der Waals surface area contributed by atoms with E-state index in [-0.39, 0.29) is 22.4 Å². The van der Waals surface area contributed by atoms with Crippen LogP contribution in [0.4, 0.5) is 0 Å². The minimum Gasteiger partial charge on any atom is -0.464 e. The number of rotatable bonds is 13. The molecule has 1 aromatic rings. The third kappa shape index (κ3) is 10.00. The Labute approximate surface area is 164 Å². The van der Waals surface area contributed by atoms with Crippen molar-refractivity contribution in [3.05, 3.63) is 28.2 Å². The van der Waals surface area contributed by atoms with Gasteiger partial charge in [-0.15, -0.1) is 0 Å². The fourth-order valence-corrected chi connectivity index (χ4v) is 2.70. The molecule has 7 heteroatoms. The molecule has 146 valence electrons. The van der Waals surface area contributed by atoms with Gasteiger partial charge in [-0.05, 0) is 18.6 Å². The minimum absolute atomic E-state index is 0.0750. The average Bonchev–Trinajstić information content (AvgIpc) is 2.60. The number of carbonyl (C=O) groups excluding carboxylic acids is 2. The number of ether oxygens (including phenoxy) is 3. The fourth-order valence-electron chi connectivity index (χ4n) is 2.23. The van der Waals surface area contributed by atoms with E-state index in [2.05, 4.69) is 6.92 Å². The standard InChI is InChI=1S/C19H26Cl2O5/c1-2-3-4-5-6-7-8-12-25-17(22)13-24-14-18(23)26-19-15(20)10-9-11-16(19)21/h9-11H,2-8,12-14H2,1H3. The van der Waals surface area contributed by atoms with Gasteiger partial charge >= 0.3 is 11.9 Å². The van der Waals surface area contributed by atoms with Crippen LogP contribution in [0.5, 0.6) is 5.75 Å². The Hall–Kier alpha value is -1.30. The Balaban J connectivity index is 2.08. The molecule has 0 bridgehead atoms. The molecular formula is C19H26Cl2O5. The quantitative estimate of drug-likeness (QED) is 0.256. The van der Waals surface area contributed by atoms with Gasteiger partial charge in [0.15, 0.2) is 5.75 Å². The third-order valence-corrected chi connectivity index (χ3v) is 4.18. The normalized spacial score (nSPS) is 10.6. The van der Waals surface area contributed by atoms with E-state index in [1.165, 1.54) is 25.7 Å². The summed E-state index contributed by atoms with van der Waals surface area (Å²) in [6.45, 7) is 1.86. The van der Waals surface area contributed by atoms with Crippen molar-refractivity contribution in [2.45, 2.75) is 51.9 Å². The zero-order chi connectivity index (χ0) is 19.2. The first-order valence-corrected chi connectivity index (χ1v) is 9.68. The minimum atomic E-state index is -0.695. The van der Waals surface area contributed by atoms with Crippen molar-refractivity contribution in [1.29, 1.82) is 0 Å². The van der Waals surface area contributed by atoms with Gasteiger partial charge in [0.2, 0.25) is 0 Å². The maximum atomic E-state index is 11.7. The molecule has 0 aliphatic heterocycles. The Morgan fingerprint density at radius 1 is 0.885 bits per heavy atom. The van der Waals surface area contributed by atoms with E-state index in [0.717, 1.165) is 19.3 Å². The molecule has 0 heterocycles. The van der Waals surface area contributed by atoms with E-state index in [9.17, 15) is 9.59 Å². The van der Waals surface area contributed by atoms with E-state index in [0.29, 0.717) is 6.61 Å². The lowest BCUT2D eigenvalue weighted by atomic mass is 10.1. The van der Waals surface area contributed by atoms with Crippen LogP contribution in [0.25, 0.3) is 0 Å². The van der Waals surface area contributed by atoms with Crippen molar-refractivity contribution in [2.75, 3.05) is 19.8 Å². The number of hydrogen-bond acceptors (Lipinski definition) is 5. The van der Waals surface area contributed by atoms with Crippen LogP contribution in [0.3, 0.4) is 0 Å². The van der Waals surface area contributed by atoms with Crippen LogP contribution in [-0.2, 0) is 19.1 Å². The molecule has 0 atom stereocenters. The lowest BCUT2D eigenvalue weighted by molar-refractivity contribution is -0.152. The van der Waals surface area contributed by atoms with Gasteiger partial charge in [0.25, 0.3) is 0 Å². The molecule has 1 rings (SSSR count). The molecule has 0 aliphatic carbocycles. The first-order valence-electron chi connectivity index (χ1n) is 8.92. The number of hydrogen-bond donors (Lipinski definition) is 0. The van der Waals surface area contributed by atoms with E-state index < -0.39 is 18.5 Å². The van der Waals surface area contributed by atoms with E-state index in [4.69, 9.17) is 37.4 Å². The predicted octanol–water partition coefficient (Wildman–Crippen LogP) is 5.21. The largest absolute Gasteiger partial charge is 0.464 e. The molecule has 5 nitrogen and oxygen atoms in total. The van der Waals surface area contributed by atoms with Crippen LogP contribution >= 0.6 is 23.2 Å². The summed E-state index contributed by atoms with van der Waals surface area (Å²) in [4.78, 5) is 23.2. The highest BCUT2D eigenvalue weighted by Crippen LogP contribution is 2.32. The summed E-state index contributed by atoms with van der Waals surface area (Å²) in [6, 6.07) is 4.75. The summed E-state index contributed by atoms with van der Waals surface area (Å²) in [7, 11) is 0. The highest BCUT2D eigenvalue weighted by atomic mass is 35.5. The Morgan fingerprint density at radius 2 is 1.46 bits per heavy atom. The summed E-state index contributed by atoms with van der Waals surface area (Å²) >= 11 is 11.8. The van der Waals surface area contributed by atoms with E-state index in [1.807, 2.05) is 0 Å². The van der Waals surface area contributed by atoms with Gasteiger partial charge in [0, 0.05) is 0 Å². The monoisotopic (exact) mass is 404 g/mol. The number of halogens is 2. The topological polar surface area (TPSA) is 61.8 Å². The lowest BCUT2D eigenvalue weighted by Gasteiger charge is -2.08. The van der Waals surface area contributed by atoms with Crippen LogP contribution < -0.4 is 4.74 Å². The van der Waals surface area contributed by atoms with Crippen LogP contribution in [0.1, 0.15) is 51.9 Å². The SMILES string of the molecule is CCCCCCCCCOC(=O)COCC(=O)Oc1c(Cl)cccc1Cl. The van der Waals surface area contributed by atoms with Crippen molar-refractivity contribution in [1.82, 2.24) is 0 Å². The average molecular weight is 405 g/mol. The number of benzene rings is 1. The summed E-state index contributed by atoms with van der Waals surface area (Å²) in [5, 5.41) is 0.444. The summed E-state index contributed by atoms with van der Waals surface area (Å²) < 4.78 is 15.1. The van der Waals surface area contributed by atoms with Crippen LogP contribution in [0, 0.1) is 0 Å². The molecule has 0 fully saturated rings. The molecule has 0 saturated heterocycles. The highest BCUT2D eigenvalue weighted by molar-refractivity contribution is 6.37. The summed E-state index contributed by atoms with van der Waals surface area (Å²) in [5.74, 6) is -1.12. The summed E-state index contributed by atoms with van der Waals surface area (Å²) in [5.41, 5.74) is 0. The molecule has 0 amide bonds. The molecule has 26 heavy (non-hydrogen) atoms. The molecule has 0 spiro atoms. The second-order valence-electron chi connectivity index (χ2n) is 5.86. The van der Waals surface area contributed by atoms with E-state index in [1.54, 1.807) is 18.2 Å². The zero-order valence-corrected chi connectivity index (χ0v) is 16.6. The number of esters is 2. The van der Waals surface area contributed by atoms with Crippen LogP contribution in [0.2, 0.25) is 10.0 Å². The predicted molar refractivity (Wildman–Crippen MR) is 102 cm³/mol. The lowest BCUT2D eigenvalue weighted by Crippen LogP contribution is -2.20. The molecule has 0 N–H and O–H groups in total. The third-order valence-electron chi connectivity index (χ3n) is 3.59. The molecule has 0 saturated carbocycles. The van der Waals surface area contributed by atoms with Crippen LogP contribution in [0.15, 0.2) is 18.2 Å². The fraction of sp³-hybridized carbons (Fsp3) is 0.579. The molecule has 1 aromatic carbocycles. The van der Waals surface area contributed by atoms with Crippen molar-refractivity contribution >= 4 is 35.1 Å². The second kappa shape index (κ2) is 13.8. The van der Waals surface area contributed by atoms with Crippen molar-refractivity contribution in [3.8, 4) is 5.75 Å². The Bertz CT molecular complexity index is 543. The van der Waals surface area contributed by atoms with Crippen molar-refractivity contribution in [2.24, 2.45) is 0 Å². The molecule has 0 unspecified atom stereocenters. The van der Waals surface area contributed by atoms with Gasteiger partial charge in [0.1, 0.15) is 13.2 Å². The van der Waals surface area contributed by atoms with E-state index >= 15 is 0 Å². The summed E-state index contributed by atoms with van der Waals surface area (Å²) in [6.07, 6.45) is 8.04. The van der Waals surface area contributed by atoms with Crippen molar-refractivity contribution in [3.63, 3.8) is 0 Å². The Kier molecular flexibility index (Phi) is 12.1. The molecule has 0 aromatic heterocycles. The van der Waals surface area contributed by atoms with Gasteiger partial charge in [-0.2, -0.15) is 0 Å². The highest BCUT2D eigenvalue weighted by Gasteiger charge is 2.13. The maximum absolute atomic E-state index is 11.7. The first-order chi connectivity index (χ1) is 12.5. The van der Waals surface area contributed by atoms with Gasteiger partial charge < -0.3 is 14.2 Å². The van der Waals surface area contributed by atoms with Crippen molar-refractivity contribution < 1.29 is 23.8 Å². The van der Waals surface area contributed by atoms with Crippen LogP contribution in [-0.4, -0.2) is 31.8 Å². The second-order valence-corrected chi connectivity index (χ2v) is 6.67. The number of para-hydroxylation sites is 1. The van der Waals surface area contributed by atoms with Gasteiger partial charge in [-0.25, -0.2) is 9.59 Å². The maximum Gasteiger partial charge on any atom is 0.337 e. The zero-order valence-electron chi connectivity index (χ0n) is 15.1. The van der Waals surface area contributed by atoms with Gasteiger partial charge in [-0.1, -0.05) is 74.7 Å². The number of carbonyl (C=O) groups is 2. The van der Waals surface area contributed by atoms with Gasteiger partial charge in [-0.3, -0.25) is 0 Å². The number of unbranched alkanes of at least 4 members (excludes halogenated alkanes) is 6. The molecule has 0 radical (unpaired) electrons. The molecular weight excluding hydrogens is 379 g/mol.